The lowest BCUT2D eigenvalue weighted by Gasteiger charge is -2.48. The van der Waals surface area contributed by atoms with Gasteiger partial charge in [0.05, 0.1) is 29.2 Å². The number of hydrogen-bond donors (Lipinski definition) is 1. The number of benzene rings is 1. The Labute approximate surface area is 238 Å². The van der Waals surface area contributed by atoms with Gasteiger partial charge < -0.3 is 15.5 Å². The number of pyridine rings is 1. The first-order valence-corrected chi connectivity index (χ1v) is 14.4. The SMILES string of the molecule is C=Cc1ccc(F)c(F)c1.CC.CCC1CN(c2ccc(C3=NN=C(N)C3)nc2C)CCN1C1CCN(C)CC1. The molecular weight excluding hydrogens is 508 g/mol. The molecule has 218 valence electrons. The maximum atomic E-state index is 12.3. The van der Waals surface area contributed by atoms with E-state index in [2.05, 4.69) is 64.5 Å². The Morgan fingerprint density at radius 3 is 2.33 bits per heavy atom. The maximum absolute atomic E-state index is 12.3. The molecule has 0 bridgehead atoms. The maximum Gasteiger partial charge on any atom is 0.159 e. The van der Waals surface area contributed by atoms with Gasteiger partial charge in [-0.2, -0.15) is 5.10 Å². The number of anilines is 1. The highest BCUT2D eigenvalue weighted by Crippen LogP contribution is 2.27. The van der Waals surface area contributed by atoms with Crippen molar-refractivity contribution < 1.29 is 8.78 Å². The van der Waals surface area contributed by atoms with Crippen LogP contribution in [0.4, 0.5) is 14.5 Å². The van der Waals surface area contributed by atoms with Crippen molar-refractivity contribution in [3.8, 4) is 0 Å². The number of nitrogens with two attached hydrogens (primary N) is 1. The molecular formula is C31H45F2N7. The summed E-state index contributed by atoms with van der Waals surface area (Å²) in [6, 6.07) is 9.27. The Hall–Kier alpha value is -3.17. The van der Waals surface area contributed by atoms with Crippen molar-refractivity contribution in [3.05, 3.63) is 65.5 Å². The number of aromatic nitrogens is 1. The first-order chi connectivity index (χ1) is 19.3. The lowest BCUT2D eigenvalue weighted by atomic mass is 9.98. The summed E-state index contributed by atoms with van der Waals surface area (Å²) < 4.78 is 24.6. The summed E-state index contributed by atoms with van der Waals surface area (Å²) in [5, 5.41) is 8.09. The van der Waals surface area contributed by atoms with E-state index in [1.807, 2.05) is 13.8 Å². The van der Waals surface area contributed by atoms with Crippen molar-refractivity contribution in [1.29, 1.82) is 0 Å². The number of piperidine rings is 1. The number of rotatable bonds is 5. The molecule has 4 heterocycles. The summed E-state index contributed by atoms with van der Waals surface area (Å²) >= 11 is 0. The van der Waals surface area contributed by atoms with E-state index in [0.717, 1.165) is 54.9 Å². The first kappa shape index (κ1) is 31.4. The van der Waals surface area contributed by atoms with Crippen LogP contribution in [0.5, 0.6) is 0 Å². The number of nitrogens with zero attached hydrogens (tertiary/aromatic N) is 6. The summed E-state index contributed by atoms with van der Waals surface area (Å²) in [4.78, 5) is 12.6. The van der Waals surface area contributed by atoms with Gasteiger partial charge in [-0.3, -0.25) is 4.90 Å². The van der Waals surface area contributed by atoms with Gasteiger partial charge >= 0.3 is 0 Å². The predicted octanol–water partition coefficient (Wildman–Crippen LogP) is 5.48. The second-order valence-corrected chi connectivity index (χ2v) is 10.3. The lowest BCUT2D eigenvalue weighted by Crippen LogP contribution is -2.58. The van der Waals surface area contributed by atoms with Crippen molar-refractivity contribution in [3.63, 3.8) is 0 Å². The molecule has 1 aromatic heterocycles. The molecule has 3 aliphatic heterocycles. The fourth-order valence-corrected chi connectivity index (χ4v) is 5.46. The number of likely N-dealkylation sites (tertiary alicyclic amines) is 1. The zero-order valence-electron chi connectivity index (χ0n) is 24.7. The minimum absolute atomic E-state index is 0.564. The minimum atomic E-state index is -0.836. The zero-order chi connectivity index (χ0) is 29.2. The highest BCUT2D eigenvalue weighted by atomic mass is 19.2. The van der Waals surface area contributed by atoms with E-state index in [1.165, 1.54) is 50.2 Å². The van der Waals surface area contributed by atoms with Crippen LogP contribution in [0.25, 0.3) is 6.08 Å². The molecule has 0 amide bonds. The number of piperazine rings is 1. The van der Waals surface area contributed by atoms with Gasteiger partial charge in [0, 0.05) is 31.7 Å². The zero-order valence-corrected chi connectivity index (χ0v) is 24.7. The number of amidine groups is 1. The molecule has 40 heavy (non-hydrogen) atoms. The summed E-state index contributed by atoms with van der Waals surface area (Å²) in [5.74, 6) is -1.10. The van der Waals surface area contributed by atoms with Gasteiger partial charge in [-0.05, 0) is 76.2 Å². The topological polar surface area (TPSA) is 73.3 Å². The van der Waals surface area contributed by atoms with E-state index >= 15 is 0 Å². The third-order valence-corrected chi connectivity index (χ3v) is 7.68. The van der Waals surface area contributed by atoms with Crippen molar-refractivity contribution in [1.82, 2.24) is 14.8 Å². The summed E-state index contributed by atoms with van der Waals surface area (Å²) in [7, 11) is 2.24. The summed E-state index contributed by atoms with van der Waals surface area (Å²) in [5.41, 5.74) is 10.4. The molecule has 2 N–H and O–H groups in total. The molecule has 0 radical (unpaired) electrons. The predicted molar refractivity (Wildman–Crippen MR) is 163 cm³/mol. The van der Waals surface area contributed by atoms with Gasteiger partial charge in [0.15, 0.2) is 11.6 Å². The number of halogens is 2. The van der Waals surface area contributed by atoms with Gasteiger partial charge in [-0.15, -0.1) is 5.10 Å². The van der Waals surface area contributed by atoms with E-state index in [-0.39, 0.29) is 0 Å². The quantitative estimate of drug-likeness (QED) is 0.531. The highest BCUT2D eigenvalue weighted by Gasteiger charge is 2.33. The minimum Gasteiger partial charge on any atom is -0.385 e. The molecule has 3 aliphatic rings. The van der Waals surface area contributed by atoms with Crippen molar-refractivity contribution in [2.75, 3.05) is 44.7 Å². The van der Waals surface area contributed by atoms with E-state index in [4.69, 9.17) is 10.7 Å². The summed E-state index contributed by atoms with van der Waals surface area (Å²) in [6.07, 6.45) is 5.85. The third-order valence-electron chi connectivity index (χ3n) is 7.68. The average molecular weight is 554 g/mol. The first-order valence-electron chi connectivity index (χ1n) is 14.4. The monoisotopic (exact) mass is 553 g/mol. The second kappa shape index (κ2) is 15.0. The van der Waals surface area contributed by atoms with Crippen LogP contribution in [0, 0.1) is 18.6 Å². The molecule has 7 nitrogen and oxygen atoms in total. The van der Waals surface area contributed by atoms with Crippen LogP contribution in [0.1, 0.15) is 63.4 Å². The van der Waals surface area contributed by atoms with Gasteiger partial charge in [-0.1, -0.05) is 39.5 Å². The standard InChI is InChI=1S/C21H33N7.C8H6F2.C2H6/c1-4-16-14-27(11-12-28(16)17-7-9-26(3)10-8-17)20-6-5-18(23-15(20)2)19-13-21(22)25-24-19;1-2-6-3-4-7(9)8(10)5-6;1-2/h5-6,16-17H,4,7-14H2,1-3H3,(H2,22,25);2-5H,1H2;1-2H3. The Morgan fingerprint density at radius 1 is 1.02 bits per heavy atom. The Morgan fingerprint density at radius 2 is 1.75 bits per heavy atom. The Bertz CT molecular complexity index is 1190. The fourth-order valence-electron chi connectivity index (χ4n) is 5.46. The molecule has 5 rings (SSSR count). The molecule has 0 saturated carbocycles. The number of aryl methyl sites for hydroxylation is 1. The molecule has 2 fully saturated rings. The molecule has 9 heteroatoms. The van der Waals surface area contributed by atoms with E-state index in [9.17, 15) is 8.78 Å². The lowest BCUT2D eigenvalue weighted by molar-refractivity contribution is 0.0702. The van der Waals surface area contributed by atoms with Crippen molar-refractivity contribution in [2.45, 2.75) is 65.5 Å². The van der Waals surface area contributed by atoms with Crippen LogP contribution in [0.3, 0.4) is 0 Å². The van der Waals surface area contributed by atoms with Crippen LogP contribution >= 0.6 is 0 Å². The normalized spacial score (nSPS) is 20.1. The van der Waals surface area contributed by atoms with Crippen LogP contribution in [-0.4, -0.2) is 78.2 Å². The Balaban J connectivity index is 0.000000309. The van der Waals surface area contributed by atoms with Crippen molar-refractivity contribution >= 4 is 23.3 Å². The smallest absolute Gasteiger partial charge is 0.159 e. The van der Waals surface area contributed by atoms with E-state index in [1.54, 1.807) is 0 Å². The molecule has 0 aliphatic carbocycles. The van der Waals surface area contributed by atoms with Crippen molar-refractivity contribution in [2.24, 2.45) is 15.9 Å². The molecule has 1 atom stereocenters. The van der Waals surface area contributed by atoms with E-state index < -0.39 is 11.6 Å². The highest BCUT2D eigenvalue weighted by molar-refractivity contribution is 6.13. The third kappa shape index (κ3) is 7.95. The van der Waals surface area contributed by atoms with Crippen LogP contribution < -0.4 is 10.6 Å². The largest absolute Gasteiger partial charge is 0.385 e. The molecule has 2 saturated heterocycles. The second-order valence-electron chi connectivity index (χ2n) is 10.3. The van der Waals surface area contributed by atoms with Crippen LogP contribution in [-0.2, 0) is 0 Å². The average Bonchev–Trinajstić information content (AvgIpc) is 3.42. The van der Waals surface area contributed by atoms with Gasteiger partial charge in [0.25, 0.3) is 0 Å². The molecule has 2 aromatic rings. The molecule has 1 unspecified atom stereocenters. The molecule has 0 spiro atoms. The molecule has 1 aromatic carbocycles. The van der Waals surface area contributed by atoms with E-state index in [0.29, 0.717) is 23.9 Å². The summed E-state index contributed by atoms with van der Waals surface area (Å²) in [6.45, 7) is 17.6. The fraction of sp³-hybridized carbons (Fsp3) is 0.516. The van der Waals surface area contributed by atoms with Gasteiger partial charge in [-0.25, -0.2) is 13.8 Å². The number of hydrogen-bond acceptors (Lipinski definition) is 7. The van der Waals surface area contributed by atoms with Gasteiger partial charge in [0.1, 0.15) is 5.84 Å². The van der Waals surface area contributed by atoms with Gasteiger partial charge in [0.2, 0.25) is 0 Å². The van der Waals surface area contributed by atoms with Crippen LogP contribution in [0.15, 0.2) is 47.1 Å². The Kier molecular flexibility index (Phi) is 11.8. The van der Waals surface area contributed by atoms with Crippen LogP contribution in [0.2, 0.25) is 0 Å².